The molecule has 122 valence electrons. The Morgan fingerprint density at radius 3 is 2.78 bits per heavy atom. The molecule has 2 aromatic rings. The molecule has 0 saturated heterocycles. The van der Waals surface area contributed by atoms with Gasteiger partial charge in [0.05, 0.1) is 37.0 Å². The minimum absolute atomic E-state index is 0.273. The van der Waals surface area contributed by atoms with E-state index >= 15 is 0 Å². The van der Waals surface area contributed by atoms with Crippen molar-refractivity contribution in [2.24, 2.45) is 4.99 Å². The van der Waals surface area contributed by atoms with Crippen LogP contribution in [0.2, 0.25) is 0 Å². The van der Waals surface area contributed by atoms with Gasteiger partial charge in [0.25, 0.3) is 0 Å². The minimum Gasteiger partial charge on any atom is -0.462 e. The standard InChI is InChI=1S/C15H17N3O4S/c1-3-22-14(19)12-10-17(13-7-5-4-6-11(12)13)15-16-8-9-18(15)23(2,20)21/h4-7,10H,3,8-9H2,1-2H3. The van der Waals surface area contributed by atoms with Crippen LogP contribution in [-0.4, -0.2) is 55.2 Å². The molecule has 1 aromatic carbocycles. The Bertz CT molecular complexity index is 899. The van der Waals surface area contributed by atoms with E-state index in [1.807, 2.05) is 18.2 Å². The lowest BCUT2D eigenvalue weighted by Gasteiger charge is -2.18. The lowest BCUT2D eigenvalue weighted by Crippen LogP contribution is -2.37. The normalized spacial score (nSPS) is 15.0. The number of aliphatic imine (C=N–C) groups is 1. The maximum absolute atomic E-state index is 12.2. The van der Waals surface area contributed by atoms with E-state index < -0.39 is 16.0 Å². The first kappa shape index (κ1) is 15.5. The lowest BCUT2D eigenvalue weighted by atomic mass is 10.2. The van der Waals surface area contributed by atoms with Gasteiger partial charge in [-0.1, -0.05) is 18.2 Å². The minimum atomic E-state index is -3.42. The van der Waals surface area contributed by atoms with Crippen LogP contribution in [0.1, 0.15) is 17.3 Å². The number of esters is 1. The van der Waals surface area contributed by atoms with Crippen LogP contribution in [0, 0.1) is 0 Å². The second kappa shape index (κ2) is 5.69. The van der Waals surface area contributed by atoms with E-state index in [0.29, 0.717) is 35.5 Å². The van der Waals surface area contributed by atoms with Gasteiger partial charge in [-0.2, -0.15) is 0 Å². The molecule has 3 rings (SSSR count). The third-order valence-corrected chi connectivity index (χ3v) is 4.75. The highest BCUT2D eigenvalue weighted by atomic mass is 32.2. The molecular formula is C15H17N3O4S. The molecule has 0 amide bonds. The number of ether oxygens (including phenoxy) is 1. The van der Waals surface area contributed by atoms with Crippen LogP contribution < -0.4 is 0 Å². The third kappa shape index (κ3) is 2.70. The van der Waals surface area contributed by atoms with Crippen molar-refractivity contribution in [3.63, 3.8) is 0 Å². The predicted molar refractivity (Wildman–Crippen MR) is 87.1 cm³/mol. The van der Waals surface area contributed by atoms with Crippen molar-refractivity contribution < 1.29 is 17.9 Å². The van der Waals surface area contributed by atoms with Gasteiger partial charge < -0.3 is 4.74 Å². The molecule has 2 heterocycles. The fourth-order valence-corrected chi connectivity index (χ4v) is 3.50. The zero-order valence-corrected chi connectivity index (χ0v) is 13.7. The van der Waals surface area contributed by atoms with E-state index in [1.165, 1.54) is 4.31 Å². The van der Waals surface area contributed by atoms with Gasteiger partial charge in [0.1, 0.15) is 0 Å². The Hall–Kier alpha value is -2.35. The highest BCUT2D eigenvalue weighted by Gasteiger charge is 2.29. The summed E-state index contributed by atoms with van der Waals surface area (Å²) in [5.41, 5.74) is 1.11. The maximum atomic E-state index is 12.2. The smallest absolute Gasteiger partial charge is 0.340 e. The summed E-state index contributed by atoms with van der Waals surface area (Å²) in [7, 11) is -3.42. The summed E-state index contributed by atoms with van der Waals surface area (Å²) in [6.07, 6.45) is 2.73. The number of hydrogen-bond donors (Lipinski definition) is 0. The number of sulfonamides is 1. The van der Waals surface area contributed by atoms with Crippen molar-refractivity contribution in [1.82, 2.24) is 8.87 Å². The molecule has 1 aliphatic rings. The number of benzene rings is 1. The van der Waals surface area contributed by atoms with Crippen LogP contribution in [0.15, 0.2) is 35.5 Å². The predicted octanol–water partition coefficient (Wildman–Crippen LogP) is 1.30. The number of rotatable bonds is 3. The SMILES string of the molecule is CCOC(=O)c1cn(C2=NCCN2S(C)(=O)=O)c2ccccc12. The van der Waals surface area contributed by atoms with Gasteiger partial charge >= 0.3 is 5.97 Å². The van der Waals surface area contributed by atoms with Crippen LogP contribution in [-0.2, 0) is 14.8 Å². The molecule has 1 aliphatic heterocycles. The number of hydrogen-bond acceptors (Lipinski definition) is 5. The molecule has 0 radical (unpaired) electrons. The van der Waals surface area contributed by atoms with Crippen LogP contribution in [0.3, 0.4) is 0 Å². The Kier molecular flexibility index (Phi) is 3.85. The van der Waals surface area contributed by atoms with Crippen molar-refractivity contribution in [2.45, 2.75) is 6.92 Å². The van der Waals surface area contributed by atoms with E-state index in [2.05, 4.69) is 4.99 Å². The van der Waals surface area contributed by atoms with Gasteiger partial charge in [0.15, 0.2) is 0 Å². The van der Waals surface area contributed by atoms with Crippen LogP contribution in [0.5, 0.6) is 0 Å². The fourth-order valence-electron chi connectivity index (χ4n) is 2.65. The number of aromatic nitrogens is 1. The van der Waals surface area contributed by atoms with Crippen molar-refractivity contribution in [3.05, 3.63) is 36.0 Å². The third-order valence-electron chi connectivity index (χ3n) is 3.60. The quantitative estimate of drug-likeness (QED) is 0.792. The zero-order valence-electron chi connectivity index (χ0n) is 12.9. The molecule has 0 unspecified atom stereocenters. The maximum Gasteiger partial charge on any atom is 0.340 e. The van der Waals surface area contributed by atoms with Gasteiger partial charge in [-0.05, 0) is 13.0 Å². The van der Waals surface area contributed by atoms with E-state index in [9.17, 15) is 13.2 Å². The Morgan fingerprint density at radius 1 is 1.35 bits per heavy atom. The largest absolute Gasteiger partial charge is 0.462 e. The van der Waals surface area contributed by atoms with E-state index in [4.69, 9.17) is 4.74 Å². The zero-order chi connectivity index (χ0) is 16.6. The molecule has 1 aromatic heterocycles. The fraction of sp³-hybridized carbons (Fsp3) is 0.333. The molecule has 23 heavy (non-hydrogen) atoms. The number of nitrogens with zero attached hydrogens (tertiary/aromatic N) is 3. The lowest BCUT2D eigenvalue weighted by molar-refractivity contribution is 0.0528. The first-order chi connectivity index (χ1) is 10.9. The summed E-state index contributed by atoms with van der Waals surface area (Å²) < 4.78 is 31.8. The number of fused-ring (bicyclic) bond motifs is 1. The Morgan fingerprint density at radius 2 is 2.09 bits per heavy atom. The first-order valence-corrected chi connectivity index (χ1v) is 9.08. The average Bonchev–Trinajstić information content (AvgIpc) is 3.11. The Labute approximate surface area is 134 Å². The molecular weight excluding hydrogens is 318 g/mol. The highest BCUT2D eigenvalue weighted by Crippen LogP contribution is 2.24. The summed E-state index contributed by atoms with van der Waals surface area (Å²) in [6, 6.07) is 7.27. The highest BCUT2D eigenvalue weighted by molar-refractivity contribution is 7.88. The van der Waals surface area contributed by atoms with E-state index in [-0.39, 0.29) is 6.61 Å². The van der Waals surface area contributed by atoms with Crippen LogP contribution in [0.4, 0.5) is 0 Å². The van der Waals surface area contributed by atoms with Gasteiger partial charge in [-0.25, -0.2) is 22.5 Å². The summed E-state index contributed by atoms with van der Waals surface area (Å²) in [5, 5.41) is 0.703. The monoisotopic (exact) mass is 335 g/mol. The molecule has 0 saturated carbocycles. The first-order valence-electron chi connectivity index (χ1n) is 7.23. The molecule has 0 N–H and O–H groups in total. The van der Waals surface area contributed by atoms with Crippen molar-refractivity contribution >= 4 is 32.9 Å². The van der Waals surface area contributed by atoms with Gasteiger partial charge in [0, 0.05) is 11.6 Å². The van der Waals surface area contributed by atoms with Gasteiger partial charge in [-0.3, -0.25) is 4.57 Å². The molecule has 0 atom stereocenters. The van der Waals surface area contributed by atoms with Crippen LogP contribution >= 0.6 is 0 Å². The number of para-hydroxylation sites is 1. The van der Waals surface area contributed by atoms with Crippen molar-refractivity contribution in [1.29, 1.82) is 0 Å². The molecule has 7 nitrogen and oxygen atoms in total. The molecule has 8 heteroatoms. The summed E-state index contributed by atoms with van der Waals surface area (Å²) in [6.45, 7) is 2.71. The van der Waals surface area contributed by atoms with E-state index in [1.54, 1.807) is 23.8 Å². The molecule has 0 fully saturated rings. The van der Waals surface area contributed by atoms with E-state index in [0.717, 1.165) is 6.26 Å². The average molecular weight is 335 g/mol. The van der Waals surface area contributed by atoms with Crippen molar-refractivity contribution in [3.8, 4) is 0 Å². The second-order valence-electron chi connectivity index (χ2n) is 5.17. The molecule has 0 spiro atoms. The number of carbonyl (C=O) groups excluding carboxylic acids is 1. The summed E-state index contributed by atoms with van der Waals surface area (Å²) in [5.74, 6) is -0.133. The summed E-state index contributed by atoms with van der Waals surface area (Å²) in [4.78, 5) is 16.5. The number of carbonyl (C=O) groups is 1. The van der Waals surface area contributed by atoms with Gasteiger partial charge in [0.2, 0.25) is 16.0 Å². The topological polar surface area (TPSA) is 81.0 Å². The molecule has 0 bridgehead atoms. The second-order valence-corrected chi connectivity index (χ2v) is 7.07. The van der Waals surface area contributed by atoms with Crippen LogP contribution in [0.25, 0.3) is 10.9 Å². The Balaban J connectivity index is 2.17. The molecule has 0 aliphatic carbocycles. The van der Waals surface area contributed by atoms with Gasteiger partial charge in [-0.15, -0.1) is 0 Å². The van der Waals surface area contributed by atoms with Crippen molar-refractivity contribution in [2.75, 3.05) is 26.0 Å². The summed E-state index contributed by atoms with van der Waals surface area (Å²) >= 11 is 0.